The molecule has 0 saturated carbocycles. The molecule has 22 heavy (non-hydrogen) atoms. The van der Waals surface area contributed by atoms with Crippen LogP contribution in [0.25, 0.3) is 10.1 Å². The van der Waals surface area contributed by atoms with Gasteiger partial charge in [-0.25, -0.2) is 0 Å². The van der Waals surface area contributed by atoms with Crippen LogP contribution >= 0.6 is 23.7 Å². The minimum absolute atomic E-state index is 0. The molecule has 6 heteroatoms. The number of benzene rings is 1. The fourth-order valence-electron chi connectivity index (χ4n) is 2.77. The molecule has 120 valence electrons. The molecule has 1 saturated heterocycles. The molecule has 4 nitrogen and oxygen atoms in total. The fourth-order valence-corrected chi connectivity index (χ4v) is 3.86. The third kappa shape index (κ3) is 3.37. The molecular formula is C16H21ClN2O2S. The average molecular weight is 341 g/mol. The van der Waals surface area contributed by atoms with Crippen LogP contribution in [-0.2, 0) is 0 Å². The maximum Gasteiger partial charge on any atom is 0.261 e. The molecule has 1 amide bonds. The summed E-state index contributed by atoms with van der Waals surface area (Å²) in [6.07, 6.45) is 2.17. The van der Waals surface area contributed by atoms with Gasteiger partial charge in [-0.2, -0.15) is 0 Å². The number of fused-ring (bicyclic) bond motifs is 1. The summed E-state index contributed by atoms with van der Waals surface area (Å²) in [7, 11) is 1.66. The number of piperidine rings is 1. The first kappa shape index (κ1) is 17.1. The standard InChI is InChI=1S/C16H20N2O2S.ClH/c1-10-13-8-12(20-2)5-6-14(13)21-15(10)16(19)18-11-4-3-7-17-9-11;/h5-6,8,11,17H,3-4,7,9H2,1-2H3,(H,18,19);1H/t11-;/m0./s1. The van der Waals surface area contributed by atoms with Crippen LogP contribution in [0.4, 0.5) is 0 Å². The zero-order chi connectivity index (χ0) is 14.8. The summed E-state index contributed by atoms with van der Waals surface area (Å²) >= 11 is 1.55. The molecule has 1 aliphatic heterocycles. The summed E-state index contributed by atoms with van der Waals surface area (Å²) < 4.78 is 6.39. The van der Waals surface area contributed by atoms with Crippen LogP contribution in [-0.4, -0.2) is 32.1 Å². The number of carbonyl (C=O) groups is 1. The summed E-state index contributed by atoms with van der Waals surface area (Å²) in [5, 5.41) is 7.57. The van der Waals surface area contributed by atoms with Gasteiger partial charge >= 0.3 is 0 Å². The number of aryl methyl sites for hydroxylation is 1. The van der Waals surface area contributed by atoms with E-state index in [2.05, 4.69) is 10.6 Å². The van der Waals surface area contributed by atoms with Crippen molar-refractivity contribution in [1.29, 1.82) is 0 Å². The average Bonchev–Trinajstić information content (AvgIpc) is 2.85. The van der Waals surface area contributed by atoms with E-state index in [9.17, 15) is 4.79 Å². The van der Waals surface area contributed by atoms with Gasteiger partial charge in [-0.1, -0.05) is 0 Å². The Labute approximate surface area is 140 Å². The Balaban J connectivity index is 0.00000176. The van der Waals surface area contributed by atoms with Crippen LogP contribution in [0, 0.1) is 6.92 Å². The quantitative estimate of drug-likeness (QED) is 0.902. The molecule has 2 aromatic rings. The van der Waals surface area contributed by atoms with E-state index in [-0.39, 0.29) is 24.4 Å². The molecule has 1 aromatic heterocycles. The van der Waals surface area contributed by atoms with E-state index in [4.69, 9.17) is 4.74 Å². The molecule has 0 radical (unpaired) electrons. The molecule has 2 N–H and O–H groups in total. The lowest BCUT2D eigenvalue weighted by molar-refractivity contribution is 0.0934. The van der Waals surface area contributed by atoms with E-state index < -0.39 is 0 Å². The first-order valence-corrected chi connectivity index (χ1v) is 8.09. The van der Waals surface area contributed by atoms with Gasteiger partial charge < -0.3 is 15.4 Å². The number of carbonyl (C=O) groups excluding carboxylic acids is 1. The van der Waals surface area contributed by atoms with Crippen molar-refractivity contribution in [3.8, 4) is 5.75 Å². The van der Waals surface area contributed by atoms with Crippen molar-refractivity contribution in [3.63, 3.8) is 0 Å². The molecular weight excluding hydrogens is 320 g/mol. The summed E-state index contributed by atoms with van der Waals surface area (Å²) in [5.74, 6) is 0.869. The van der Waals surface area contributed by atoms with Gasteiger partial charge in [0.05, 0.1) is 12.0 Å². The van der Waals surface area contributed by atoms with Crippen molar-refractivity contribution in [2.75, 3.05) is 20.2 Å². The Hall–Kier alpha value is -1.30. The summed E-state index contributed by atoms with van der Waals surface area (Å²) in [5.41, 5.74) is 1.04. The SMILES string of the molecule is COc1ccc2sc(C(=O)N[C@H]3CCCNC3)c(C)c2c1.Cl. The van der Waals surface area contributed by atoms with Gasteiger partial charge in [0.25, 0.3) is 5.91 Å². The van der Waals surface area contributed by atoms with Gasteiger partial charge in [0, 0.05) is 17.3 Å². The summed E-state index contributed by atoms with van der Waals surface area (Å²) in [6, 6.07) is 6.20. The maximum atomic E-state index is 12.5. The van der Waals surface area contributed by atoms with E-state index in [1.165, 1.54) is 0 Å². The minimum atomic E-state index is 0. The number of hydrogen-bond donors (Lipinski definition) is 2. The monoisotopic (exact) mass is 340 g/mol. The first-order valence-electron chi connectivity index (χ1n) is 7.28. The van der Waals surface area contributed by atoms with Gasteiger partial charge in [-0.05, 0) is 55.5 Å². The number of amides is 1. The Morgan fingerprint density at radius 2 is 2.27 bits per heavy atom. The zero-order valence-corrected chi connectivity index (χ0v) is 14.4. The van der Waals surface area contributed by atoms with Gasteiger partial charge in [0.2, 0.25) is 0 Å². The van der Waals surface area contributed by atoms with Crippen molar-refractivity contribution >= 4 is 39.7 Å². The molecule has 1 aliphatic rings. The molecule has 1 fully saturated rings. The van der Waals surface area contributed by atoms with Crippen LogP contribution < -0.4 is 15.4 Å². The van der Waals surface area contributed by atoms with Gasteiger partial charge in [0.15, 0.2) is 0 Å². The minimum Gasteiger partial charge on any atom is -0.497 e. The zero-order valence-electron chi connectivity index (χ0n) is 12.8. The second-order valence-electron chi connectivity index (χ2n) is 5.44. The molecule has 0 spiro atoms. The lowest BCUT2D eigenvalue weighted by atomic mass is 10.1. The Morgan fingerprint density at radius 1 is 1.45 bits per heavy atom. The number of hydrogen-bond acceptors (Lipinski definition) is 4. The van der Waals surface area contributed by atoms with E-state index in [1.54, 1.807) is 18.4 Å². The largest absolute Gasteiger partial charge is 0.497 e. The lowest BCUT2D eigenvalue weighted by Crippen LogP contribution is -2.45. The smallest absolute Gasteiger partial charge is 0.261 e. The predicted octanol–water partition coefficient (Wildman–Crippen LogP) is 3.12. The summed E-state index contributed by atoms with van der Waals surface area (Å²) in [6.45, 7) is 3.92. The third-order valence-corrected chi connectivity index (χ3v) is 5.25. The topological polar surface area (TPSA) is 50.4 Å². The van der Waals surface area contributed by atoms with Crippen LogP contribution in [0.2, 0.25) is 0 Å². The molecule has 3 rings (SSSR count). The van der Waals surface area contributed by atoms with Crippen molar-refractivity contribution < 1.29 is 9.53 Å². The summed E-state index contributed by atoms with van der Waals surface area (Å²) in [4.78, 5) is 13.3. The molecule has 2 heterocycles. The molecule has 1 aromatic carbocycles. The Morgan fingerprint density at radius 3 is 2.95 bits per heavy atom. The fraction of sp³-hybridized carbons (Fsp3) is 0.438. The highest BCUT2D eigenvalue weighted by Crippen LogP contribution is 2.33. The Kier molecular flexibility index (Phi) is 5.67. The van der Waals surface area contributed by atoms with Crippen LogP contribution in [0.15, 0.2) is 18.2 Å². The molecule has 0 aliphatic carbocycles. The van der Waals surface area contributed by atoms with Gasteiger partial charge in [-0.3, -0.25) is 4.79 Å². The molecule has 0 bridgehead atoms. The third-order valence-electron chi connectivity index (χ3n) is 3.98. The lowest BCUT2D eigenvalue weighted by Gasteiger charge is -2.23. The van der Waals surface area contributed by atoms with E-state index in [1.807, 2.05) is 25.1 Å². The van der Waals surface area contributed by atoms with Crippen molar-refractivity contribution in [2.45, 2.75) is 25.8 Å². The number of ether oxygens (including phenoxy) is 1. The molecule has 1 atom stereocenters. The second kappa shape index (κ2) is 7.31. The van der Waals surface area contributed by atoms with Crippen molar-refractivity contribution in [2.24, 2.45) is 0 Å². The highest BCUT2D eigenvalue weighted by molar-refractivity contribution is 7.21. The van der Waals surface area contributed by atoms with Crippen molar-refractivity contribution in [3.05, 3.63) is 28.6 Å². The van der Waals surface area contributed by atoms with Crippen LogP contribution in [0.5, 0.6) is 5.75 Å². The number of halogens is 1. The van der Waals surface area contributed by atoms with Gasteiger partial charge in [0.1, 0.15) is 5.75 Å². The predicted molar refractivity (Wildman–Crippen MR) is 93.7 cm³/mol. The van der Waals surface area contributed by atoms with Gasteiger partial charge in [-0.15, -0.1) is 23.7 Å². The molecule has 0 unspecified atom stereocenters. The highest BCUT2D eigenvalue weighted by atomic mass is 35.5. The highest BCUT2D eigenvalue weighted by Gasteiger charge is 2.20. The van der Waals surface area contributed by atoms with Crippen LogP contribution in [0.3, 0.4) is 0 Å². The normalized spacial score (nSPS) is 17.8. The van der Waals surface area contributed by atoms with E-state index in [0.29, 0.717) is 0 Å². The number of thiophene rings is 1. The van der Waals surface area contributed by atoms with E-state index >= 15 is 0 Å². The number of methoxy groups -OCH3 is 1. The number of rotatable bonds is 3. The Bertz CT molecular complexity index is 665. The van der Waals surface area contributed by atoms with Crippen LogP contribution in [0.1, 0.15) is 28.1 Å². The second-order valence-corrected chi connectivity index (χ2v) is 6.49. The number of nitrogens with one attached hydrogen (secondary N) is 2. The van der Waals surface area contributed by atoms with Crippen molar-refractivity contribution in [1.82, 2.24) is 10.6 Å². The maximum absolute atomic E-state index is 12.5. The van der Waals surface area contributed by atoms with E-state index in [0.717, 1.165) is 52.2 Å². The first-order chi connectivity index (χ1) is 10.2.